The molecule has 0 aromatic carbocycles. The van der Waals surface area contributed by atoms with E-state index in [4.69, 9.17) is 4.74 Å². The van der Waals surface area contributed by atoms with Crippen molar-refractivity contribution in [2.75, 3.05) is 14.2 Å². The van der Waals surface area contributed by atoms with Crippen LogP contribution in [0.2, 0.25) is 0 Å². The molecule has 2 nitrogen and oxygen atoms in total. The monoisotopic (exact) mass is 223 g/mol. The van der Waals surface area contributed by atoms with Gasteiger partial charge in [-0.3, -0.25) is 0 Å². The lowest BCUT2D eigenvalue weighted by Gasteiger charge is -2.42. The molecule has 92 valence electrons. The van der Waals surface area contributed by atoms with Gasteiger partial charge in [0.15, 0.2) is 0 Å². The molecule has 1 rings (SSSR count). The molecular weight excluding hydrogens is 198 g/mol. The van der Waals surface area contributed by atoms with Crippen molar-refractivity contribution in [1.82, 2.24) is 5.32 Å². The zero-order valence-corrected chi connectivity index (χ0v) is 10.9. The summed E-state index contributed by atoms with van der Waals surface area (Å²) in [6.07, 6.45) is 8.38. The van der Waals surface area contributed by atoms with Crippen LogP contribution < -0.4 is 5.32 Å². The highest BCUT2D eigenvalue weighted by atomic mass is 16.5. The van der Waals surface area contributed by atoms with E-state index in [1.165, 1.54) is 32.1 Å². The van der Waals surface area contributed by atoms with Crippen molar-refractivity contribution in [2.24, 2.45) is 0 Å². The van der Waals surface area contributed by atoms with Gasteiger partial charge >= 0.3 is 0 Å². The lowest BCUT2D eigenvalue weighted by atomic mass is 9.77. The normalized spacial score (nSPS) is 20.9. The molecule has 1 aliphatic carbocycles. The zero-order valence-electron chi connectivity index (χ0n) is 10.9. The van der Waals surface area contributed by atoms with Crippen LogP contribution in [0.15, 0.2) is 0 Å². The first-order valence-corrected chi connectivity index (χ1v) is 6.41. The Morgan fingerprint density at radius 2 is 2.00 bits per heavy atom. The summed E-state index contributed by atoms with van der Waals surface area (Å²) >= 11 is 0. The molecule has 0 bridgehead atoms. The van der Waals surface area contributed by atoms with Crippen LogP contribution >= 0.6 is 0 Å². The number of hydrogen-bond donors (Lipinski definition) is 1. The summed E-state index contributed by atoms with van der Waals surface area (Å²) < 4.78 is 5.85. The Morgan fingerprint density at radius 1 is 1.31 bits per heavy atom. The van der Waals surface area contributed by atoms with Gasteiger partial charge in [-0.25, -0.2) is 0 Å². The van der Waals surface area contributed by atoms with Crippen molar-refractivity contribution < 1.29 is 4.74 Å². The molecule has 0 aliphatic heterocycles. The molecule has 1 N–H and O–H groups in total. The second kappa shape index (κ2) is 6.93. The molecule has 0 spiro atoms. The second-order valence-electron chi connectivity index (χ2n) is 4.64. The van der Waals surface area contributed by atoms with Crippen molar-refractivity contribution in [1.29, 1.82) is 0 Å². The SMILES string of the molecule is CC#CCCC(NC)C1(OC)CCCCC1. The van der Waals surface area contributed by atoms with Crippen LogP contribution in [0.4, 0.5) is 0 Å². The molecule has 1 unspecified atom stereocenters. The van der Waals surface area contributed by atoms with Crippen LogP contribution in [0.1, 0.15) is 51.9 Å². The number of likely N-dealkylation sites (N-methyl/N-ethyl adjacent to an activating group) is 1. The van der Waals surface area contributed by atoms with Crippen molar-refractivity contribution in [3.63, 3.8) is 0 Å². The predicted octanol–water partition coefficient (Wildman–Crippen LogP) is 2.73. The summed E-state index contributed by atoms with van der Waals surface area (Å²) in [5.41, 5.74) is 0.0580. The summed E-state index contributed by atoms with van der Waals surface area (Å²) in [7, 11) is 3.90. The molecule has 1 aliphatic rings. The van der Waals surface area contributed by atoms with E-state index in [0.717, 1.165) is 12.8 Å². The maximum atomic E-state index is 5.85. The van der Waals surface area contributed by atoms with Crippen LogP contribution in [0.5, 0.6) is 0 Å². The fourth-order valence-electron chi connectivity index (χ4n) is 2.86. The van der Waals surface area contributed by atoms with Crippen LogP contribution in [0, 0.1) is 11.8 Å². The highest BCUT2D eigenvalue weighted by Crippen LogP contribution is 2.35. The molecule has 1 saturated carbocycles. The molecule has 2 heteroatoms. The molecule has 1 fully saturated rings. The molecule has 0 heterocycles. The van der Waals surface area contributed by atoms with E-state index in [0.29, 0.717) is 6.04 Å². The number of rotatable bonds is 5. The third-order valence-electron chi connectivity index (χ3n) is 3.82. The van der Waals surface area contributed by atoms with E-state index < -0.39 is 0 Å². The fourth-order valence-corrected chi connectivity index (χ4v) is 2.86. The standard InChI is InChI=1S/C14H25NO/c1-4-5-7-10-13(15-2)14(16-3)11-8-6-9-12-14/h13,15H,6-12H2,1-3H3. The first kappa shape index (κ1) is 13.5. The number of nitrogens with one attached hydrogen (secondary N) is 1. The van der Waals surface area contributed by atoms with Gasteiger partial charge in [0.25, 0.3) is 0 Å². The molecular formula is C14H25NO. The molecule has 0 saturated heterocycles. The molecule has 0 aromatic rings. The average Bonchev–Trinajstić information content (AvgIpc) is 2.35. The minimum absolute atomic E-state index is 0.0580. The summed E-state index contributed by atoms with van der Waals surface area (Å²) in [5.74, 6) is 6.11. The fraction of sp³-hybridized carbons (Fsp3) is 0.857. The zero-order chi connectivity index (χ0) is 11.9. The van der Waals surface area contributed by atoms with Gasteiger partial charge in [0.2, 0.25) is 0 Å². The van der Waals surface area contributed by atoms with Gasteiger partial charge < -0.3 is 10.1 Å². The van der Waals surface area contributed by atoms with Gasteiger partial charge in [-0.1, -0.05) is 19.3 Å². The lowest BCUT2D eigenvalue weighted by molar-refractivity contribution is -0.0673. The Labute approximate surface area is 100 Å². The van der Waals surface area contributed by atoms with E-state index in [2.05, 4.69) is 17.2 Å². The Kier molecular flexibility index (Phi) is 5.87. The highest BCUT2D eigenvalue weighted by molar-refractivity contribution is 5.00. The van der Waals surface area contributed by atoms with Crippen molar-refractivity contribution >= 4 is 0 Å². The first-order chi connectivity index (χ1) is 7.79. The Bertz CT molecular complexity index is 245. The summed E-state index contributed by atoms with van der Waals surface area (Å²) in [6.45, 7) is 1.90. The van der Waals surface area contributed by atoms with Gasteiger partial charge in [0.1, 0.15) is 0 Å². The Balaban J connectivity index is 2.60. The quantitative estimate of drug-likeness (QED) is 0.724. The molecule has 0 radical (unpaired) electrons. The topological polar surface area (TPSA) is 21.3 Å². The van der Waals surface area contributed by atoms with E-state index in [1.54, 1.807) is 0 Å². The second-order valence-corrected chi connectivity index (χ2v) is 4.64. The number of ether oxygens (including phenoxy) is 1. The minimum Gasteiger partial charge on any atom is -0.377 e. The van der Waals surface area contributed by atoms with Crippen LogP contribution in [-0.2, 0) is 4.74 Å². The van der Waals surface area contributed by atoms with Gasteiger partial charge in [0.05, 0.1) is 5.60 Å². The first-order valence-electron chi connectivity index (χ1n) is 6.41. The number of hydrogen-bond acceptors (Lipinski definition) is 2. The van der Waals surface area contributed by atoms with Crippen molar-refractivity contribution in [3.8, 4) is 11.8 Å². The van der Waals surface area contributed by atoms with Gasteiger partial charge in [-0.15, -0.1) is 11.8 Å². The Hall–Kier alpha value is -0.520. The van der Waals surface area contributed by atoms with E-state index in [9.17, 15) is 0 Å². The maximum absolute atomic E-state index is 5.85. The largest absolute Gasteiger partial charge is 0.377 e. The van der Waals surface area contributed by atoms with E-state index in [1.807, 2.05) is 21.1 Å². The van der Waals surface area contributed by atoms with Gasteiger partial charge in [-0.05, 0) is 33.2 Å². The van der Waals surface area contributed by atoms with Crippen molar-refractivity contribution in [3.05, 3.63) is 0 Å². The summed E-state index contributed by atoms with van der Waals surface area (Å²) in [4.78, 5) is 0. The smallest absolute Gasteiger partial charge is 0.0831 e. The molecule has 0 amide bonds. The van der Waals surface area contributed by atoms with E-state index >= 15 is 0 Å². The van der Waals surface area contributed by atoms with Gasteiger partial charge in [0, 0.05) is 19.6 Å². The predicted molar refractivity (Wildman–Crippen MR) is 68.4 cm³/mol. The third kappa shape index (κ3) is 3.23. The highest BCUT2D eigenvalue weighted by Gasteiger charge is 2.38. The summed E-state index contributed by atoms with van der Waals surface area (Å²) in [5, 5.41) is 3.43. The van der Waals surface area contributed by atoms with Crippen molar-refractivity contribution in [2.45, 2.75) is 63.5 Å². The van der Waals surface area contributed by atoms with Crippen LogP contribution in [0.25, 0.3) is 0 Å². The molecule has 1 atom stereocenters. The van der Waals surface area contributed by atoms with Crippen LogP contribution in [0.3, 0.4) is 0 Å². The molecule has 16 heavy (non-hydrogen) atoms. The molecule has 0 aromatic heterocycles. The van der Waals surface area contributed by atoms with Crippen LogP contribution in [-0.4, -0.2) is 25.8 Å². The van der Waals surface area contributed by atoms with Gasteiger partial charge in [-0.2, -0.15) is 0 Å². The summed E-state index contributed by atoms with van der Waals surface area (Å²) in [6, 6.07) is 0.443. The van der Waals surface area contributed by atoms with E-state index in [-0.39, 0.29) is 5.60 Å². The Morgan fingerprint density at radius 3 is 2.50 bits per heavy atom. The maximum Gasteiger partial charge on any atom is 0.0831 e. The minimum atomic E-state index is 0.0580. The third-order valence-corrected chi connectivity index (χ3v) is 3.82. The lowest BCUT2D eigenvalue weighted by Crippen LogP contribution is -2.52. The number of methoxy groups -OCH3 is 1. The average molecular weight is 223 g/mol.